The Morgan fingerprint density at radius 3 is 2.38 bits per heavy atom. The number of terminal acetylenes is 1. The molecule has 3 aromatic rings. The lowest BCUT2D eigenvalue weighted by molar-refractivity contribution is -0.131. The molecule has 1 atom stereocenters. The topological polar surface area (TPSA) is 105 Å². The number of halogens is 2. The molecule has 8 nitrogen and oxygen atoms in total. The number of morpholine rings is 1. The summed E-state index contributed by atoms with van der Waals surface area (Å²) in [5.41, 5.74) is 0.887. The number of fused-ring (bicyclic) bond motifs is 1. The maximum atomic E-state index is 14.1. The van der Waals surface area contributed by atoms with Gasteiger partial charge in [0.05, 0.1) is 31.9 Å². The number of rotatable bonds is 9. The molecule has 2 aromatic carbocycles. The van der Waals surface area contributed by atoms with Crippen molar-refractivity contribution in [2.45, 2.75) is 62.4 Å². The third-order valence-corrected chi connectivity index (χ3v) is 9.52. The van der Waals surface area contributed by atoms with Crippen molar-refractivity contribution in [3.8, 4) is 35.3 Å². The van der Waals surface area contributed by atoms with Crippen LogP contribution in [0.2, 0.25) is 0 Å². The molecule has 1 N–H and O–H groups in total. The molecular formula is C35H35F2N3O5. The van der Waals surface area contributed by atoms with Crippen LogP contribution in [0.5, 0.6) is 5.75 Å². The first-order valence-electron chi connectivity index (χ1n) is 15.2. The van der Waals surface area contributed by atoms with Crippen molar-refractivity contribution in [1.29, 1.82) is 5.26 Å². The standard InChI is InChI=1S/C35H35F2N3O5/c1-3-33(8-9-33)21-31(41)34(10-12-35(36,37)13-11-34)39-32(42)30-20-25-5-4-23(18-28(25)45-30)24-6-7-26(29(19-24)43-2)27(22-38)40-14-16-44-17-15-40/h1,4-7,18-20,27H,8-17,21H2,2H3,(H,39,42). The van der Waals surface area contributed by atoms with Crippen molar-refractivity contribution in [2.24, 2.45) is 5.41 Å². The summed E-state index contributed by atoms with van der Waals surface area (Å²) in [6, 6.07) is 14.7. The lowest BCUT2D eigenvalue weighted by Gasteiger charge is -2.39. The summed E-state index contributed by atoms with van der Waals surface area (Å²) in [6.45, 7) is 2.45. The molecule has 1 amide bonds. The summed E-state index contributed by atoms with van der Waals surface area (Å²) in [6.07, 6.45) is 5.82. The van der Waals surface area contributed by atoms with Crippen LogP contribution >= 0.6 is 0 Å². The number of methoxy groups -OCH3 is 1. The van der Waals surface area contributed by atoms with Crippen LogP contribution in [0, 0.1) is 29.1 Å². The lowest BCUT2D eigenvalue weighted by Crippen LogP contribution is -2.58. The van der Waals surface area contributed by atoms with Gasteiger partial charge in [0.25, 0.3) is 5.91 Å². The number of hydrogen-bond acceptors (Lipinski definition) is 7. The van der Waals surface area contributed by atoms with Crippen molar-refractivity contribution in [1.82, 2.24) is 10.2 Å². The lowest BCUT2D eigenvalue weighted by atomic mass is 9.74. The number of nitrogens with one attached hydrogen (secondary N) is 1. The van der Waals surface area contributed by atoms with Gasteiger partial charge < -0.3 is 19.2 Å². The Morgan fingerprint density at radius 2 is 1.73 bits per heavy atom. The minimum atomic E-state index is -2.88. The van der Waals surface area contributed by atoms with Crippen LogP contribution in [0.25, 0.3) is 22.1 Å². The number of ketones is 1. The van der Waals surface area contributed by atoms with Crippen molar-refractivity contribution in [3.05, 3.63) is 53.8 Å². The quantitative estimate of drug-likeness (QED) is 0.292. The van der Waals surface area contributed by atoms with Gasteiger partial charge in [0.2, 0.25) is 5.92 Å². The number of benzene rings is 2. The molecule has 10 heteroatoms. The van der Waals surface area contributed by atoms with E-state index in [9.17, 15) is 23.6 Å². The first-order valence-corrected chi connectivity index (χ1v) is 15.2. The highest BCUT2D eigenvalue weighted by Crippen LogP contribution is 2.50. The van der Waals surface area contributed by atoms with Crippen LogP contribution < -0.4 is 10.1 Å². The predicted octanol–water partition coefficient (Wildman–Crippen LogP) is 6.06. The maximum absolute atomic E-state index is 14.1. The molecule has 234 valence electrons. The Labute approximate surface area is 260 Å². The Kier molecular flexibility index (Phi) is 8.15. The van der Waals surface area contributed by atoms with Crippen LogP contribution in [0.3, 0.4) is 0 Å². The van der Waals surface area contributed by atoms with Crippen molar-refractivity contribution in [2.75, 3.05) is 33.4 Å². The van der Waals surface area contributed by atoms with E-state index in [4.69, 9.17) is 20.3 Å². The first kappa shape index (κ1) is 30.8. The van der Waals surface area contributed by atoms with E-state index in [-0.39, 0.29) is 30.8 Å². The Balaban J connectivity index is 1.24. The van der Waals surface area contributed by atoms with Crippen LogP contribution in [0.4, 0.5) is 8.78 Å². The Morgan fingerprint density at radius 1 is 1.04 bits per heavy atom. The summed E-state index contributed by atoms with van der Waals surface area (Å²) in [5, 5.41) is 13.4. The molecule has 1 aliphatic heterocycles. The molecule has 2 saturated carbocycles. The van der Waals surface area contributed by atoms with Crippen molar-refractivity contribution < 1.29 is 32.3 Å². The fourth-order valence-corrected chi connectivity index (χ4v) is 6.42. The second-order valence-electron chi connectivity index (χ2n) is 12.4. The van der Waals surface area contributed by atoms with Crippen molar-refractivity contribution >= 4 is 22.7 Å². The maximum Gasteiger partial charge on any atom is 0.287 e. The molecule has 0 bridgehead atoms. The Bertz CT molecular complexity index is 1700. The summed E-state index contributed by atoms with van der Waals surface area (Å²) < 4.78 is 45.3. The zero-order valence-corrected chi connectivity index (χ0v) is 25.2. The molecule has 2 heterocycles. The molecule has 0 radical (unpaired) electrons. The number of Topliss-reactive ketones (excluding diaryl/α,β-unsaturated/α-hetero) is 1. The molecule has 3 fully saturated rings. The van der Waals surface area contributed by atoms with E-state index >= 15 is 0 Å². The van der Waals surface area contributed by atoms with Gasteiger partial charge in [-0.1, -0.05) is 30.2 Å². The second kappa shape index (κ2) is 11.9. The normalized spacial score (nSPS) is 20.8. The van der Waals surface area contributed by atoms with E-state index in [1.165, 1.54) is 0 Å². The van der Waals surface area contributed by atoms with Crippen LogP contribution in [0.15, 0.2) is 46.9 Å². The monoisotopic (exact) mass is 615 g/mol. The van der Waals surface area contributed by atoms with E-state index in [0.29, 0.717) is 55.9 Å². The Hall–Kier alpha value is -4.25. The number of nitrogens with zero attached hydrogens (tertiary/aromatic N) is 2. The zero-order chi connectivity index (χ0) is 31.8. The number of nitriles is 1. The van der Waals surface area contributed by atoms with Crippen LogP contribution in [0.1, 0.15) is 67.1 Å². The fraction of sp³-hybridized carbons (Fsp3) is 0.457. The van der Waals surface area contributed by atoms with E-state index in [2.05, 4.69) is 22.2 Å². The second-order valence-corrected chi connectivity index (χ2v) is 12.4. The minimum Gasteiger partial charge on any atom is -0.496 e. The highest BCUT2D eigenvalue weighted by molar-refractivity contribution is 6.01. The molecule has 0 spiro atoms. The molecule has 3 aliphatic rings. The van der Waals surface area contributed by atoms with E-state index < -0.39 is 41.7 Å². The van der Waals surface area contributed by atoms with Gasteiger partial charge in [0, 0.05) is 48.7 Å². The number of carbonyl (C=O) groups excluding carboxylic acids is 2. The summed E-state index contributed by atoms with van der Waals surface area (Å²) in [5.74, 6) is -0.567. The molecule has 45 heavy (non-hydrogen) atoms. The highest BCUT2D eigenvalue weighted by Gasteiger charge is 2.52. The number of alkyl halides is 2. The largest absolute Gasteiger partial charge is 0.496 e. The summed E-state index contributed by atoms with van der Waals surface area (Å²) in [4.78, 5) is 29.0. The minimum absolute atomic E-state index is 0.0138. The van der Waals surface area contributed by atoms with Crippen LogP contribution in [-0.4, -0.2) is 61.5 Å². The molecule has 6 rings (SSSR count). The predicted molar refractivity (Wildman–Crippen MR) is 163 cm³/mol. The third kappa shape index (κ3) is 6.18. The molecular weight excluding hydrogens is 580 g/mol. The fourth-order valence-electron chi connectivity index (χ4n) is 6.42. The van der Waals surface area contributed by atoms with Crippen LogP contribution in [-0.2, 0) is 9.53 Å². The van der Waals surface area contributed by atoms with Gasteiger partial charge in [0.15, 0.2) is 11.5 Å². The van der Waals surface area contributed by atoms with Gasteiger partial charge in [0.1, 0.15) is 17.4 Å². The van der Waals surface area contributed by atoms with Gasteiger partial charge in [-0.2, -0.15) is 5.26 Å². The number of ether oxygens (including phenoxy) is 2. The number of carbonyl (C=O) groups is 2. The van der Waals surface area contributed by atoms with E-state index in [0.717, 1.165) is 16.7 Å². The molecule has 1 saturated heterocycles. The third-order valence-electron chi connectivity index (χ3n) is 9.52. The van der Waals surface area contributed by atoms with E-state index in [1.807, 2.05) is 30.3 Å². The summed E-state index contributed by atoms with van der Waals surface area (Å²) in [7, 11) is 1.57. The van der Waals surface area contributed by atoms with Gasteiger partial charge in [-0.25, -0.2) is 8.78 Å². The number of amides is 1. The van der Waals surface area contributed by atoms with Gasteiger partial charge in [-0.3, -0.25) is 14.5 Å². The zero-order valence-electron chi connectivity index (χ0n) is 25.2. The van der Waals surface area contributed by atoms with E-state index in [1.54, 1.807) is 19.2 Å². The molecule has 1 unspecified atom stereocenters. The highest BCUT2D eigenvalue weighted by atomic mass is 19.3. The number of hydrogen-bond donors (Lipinski definition) is 1. The van der Waals surface area contributed by atoms with Gasteiger partial charge in [-0.05, 0) is 55.0 Å². The average Bonchev–Trinajstić information content (AvgIpc) is 3.69. The smallest absolute Gasteiger partial charge is 0.287 e. The molecule has 2 aliphatic carbocycles. The van der Waals surface area contributed by atoms with Gasteiger partial charge >= 0.3 is 0 Å². The van der Waals surface area contributed by atoms with Crippen molar-refractivity contribution in [3.63, 3.8) is 0 Å². The SMILES string of the molecule is C#CC1(CC(=O)C2(NC(=O)c3cc4ccc(-c5ccc(C(C#N)N6CCOCC6)c(OC)c5)cc4o3)CCC(F)(F)CC2)CC1. The van der Waals surface area contributed by atoms with Gasteiger partial charge in [-0.15, -0.1) is 6.42 Å². The number of furan rings is 1. The molecule has 1 aromatic heterocycles. The first-order chi connectivity index (χ1) is 21.6. The summed E-state index contributed by atoms with van der Waals surface area (Å²) >= 11 is 0. The average molecular weight is 616 g/mol.